The highest BCUT2D eigenvalue weighted by molar-refractivity contribution is 7.99. The van der Waals surface area contributed by atoms with Gasteiger partial charge in [-0.1, -0.05) is 11.6 Å². The van der Waals surface area contributed by atoms with E-state index < -0.39 is 0 Å². The molecule has 14 heavy (non-hydrogen) atoms. The molecule has 2 nitrogen and oxygen atoms in total. The molecular formula is C11H14O2S. The lowest BCUT2D eigenvalue weighted by molar-refractivity contribution is 0.112. The van der Waals surface area contributed by atoms with Gasteiger partial charge in [0.05, 0.1) is 0 Å². The van der Waals surface area contributed by atoms with Crippen LogP contribution < -0.4 is 0 Å². The first-order valence-corrected chi connectivity index (χ1v) is 5.56. The number of hydrogen-bond donors (Lipinski definition) is 1. The van der Waals surface area contributed by atoms with E-state index >= 15 is 0 Å². The zero-order valence-corrected chi connectivity index (χ0v) is 9.01. The van der Waals surface area contributed by atoms with Gasteiger partial charge in [-0.25, -0.2) is 0 Å². The summed E-state index contributed by atoms with van der Waals surface area (Å²) in [5, 5.41) is 8.63. The van der Waals surface area contributed by atoms with Crippen molar-refractivity contribution in [2.24, 2.45) is 0 Å². The molecule has 0 aliphatic rings. The largest absolute Gasteiger partial charge is 0.396 e. The first-order valence-electron chi connectivity index (χ1n) is 4.57. The summed E-state index contributed by atoms with van der Waals surface area (Å²) in [7, 11) is 0. The fourth-order valence-corrected chi connectivity index (χ4v) is 2.07. The number of hydrogen-bond acceptors (Lipinski definition) is 3. The van der Waals surface area contributed by atoms with Crippen LogP contribution in [0.4, 0.5) is 0 Å². The van der Waals surface area contributed by atoms with Gasteiger partial charge >= 0.3 is 0 Å². The molecule has 0 aliphatic heterocycles. The minimum absolute atomic E-state index is 0.204. The molecule has 1 aromatic rings. The highest BCUT2D eigenvalue weighted by Crippen LogP contribution is 2.23. The number of carbonyl (C=O) groups is 1. The quantitative estimate of drug-likeness (QED) is 0.460. The number of thioether (sulfide) groups is 1. The summed E-state index contributed by atoms with van der Waals surface area (Å²) in [6.07, 6.45) is 1.64. The molecule has 0 amide bonds. The Kier molecular flexibility index (Phi) is 4.70. The zero-order valence-electron chi connectivity index (χ0n) is 8.19. The Balaban J connectivity index is 2.70. The van der Waals surface area contributed by atoms with Crippen LogP contribution in [0.1, 0.15) is 22.3 Å². The van der Waals surface area contributed by atoms with Crippen molar-refractivity contribution in [3.8, 4) is 0 Å². The van der Waals surface area contributed by atoms with Gasteiger partial charge in [-0.15, -0.1) is 11.8 Å². The Bertz CT molecular complexity index is 310. The fraction of sp³-hybridized carbons (Fsp3) is 0.364. The van der Waals surface area contributed by atoms with E-state index in [9.17, 15) is 4.79 Å². The van der Waals surface area contributed by atoms with E-state index in [0.717, 1.165) is 34.5 Å². The van der Waals surface area contributed by atoms with E-state index in [1.165, 1.54) is 0 Å². The second-order valence-electron chi connectivity index (χ2n) is 3.08. The predicted octanol–water partition coefficient (Wildman–Crippen LogP) is 2.28. The Morgan fingerprint density at radius 3 is 2.93 bits per heavy atom. The van der Waals surface area contributed by atoms with Crippen molar-refractivity contribution < 1.29 is 9.90 Å². The smallest absolute Gasteiger partial charge is 0.151 e. The topological polar surface area (TPSA) is 37.3 Å². The second kappa shape index (κ2) is 5.83. The zero-order chi connectivity index (χ0) is 10.4. The van der Waals surface area contributed by atoms with Crippen LogP contribution in [0.5, 0.6) is 0 Å². The van der Waals surface area contributed by atoms with Gasteiger partial charge in [0.25, 0.3) is 0 Å². The summed E-state index contributed by atoms with van der Waals surface area (Å²) in [6.45, 7) is 2.17. The first kappa shape index (κ1) is 11.3. The molecular weight excluding hydrogens is 196 g/mol. The maximum atomic E-state index is 10.7. The number of aliphatic hydroxyl groups excluding tert-OH is 1. The molecule has 0 saturated heterocycles. The third kappa shape index (κ3) is 3.16. The van der Waals surface area contributed by atoms with Crippen molar-refractivity contribution >= 4 is 18.0 Å². The molecule has 1 N–H and O–H groups in total. The normalized spacial score (nSPS) is 10.1. The van der Waals surface area contributed by atoms with E-state index in [1.54, 1.807) is 11.8 Å². The number of aliphatic hydroxyl groups is 1. The van der Waals surface area contributed by atoms with E-state index in [-0.39, 0.29) is 6.61 Å². The molecule has 0 heterocycles. The van der Waals surface area contributed by atoms with E-state index in [2.05, 4.69) is 0 Å². The Morgan fingerprint density at radius 2 is 2.29 bits per heavy atom. The van der Waals surface area contributed by atoms with Gasteiger partial charge in [-0.05, 0) is 25.5 Å². The third-order valence-electron chi connectivity index (χ3n) is 1.85. The predicted molar refractivity (Wildman–Crippen MR) is 59.0 cm³/mol. The lowest BCUT2D eigenvalue weighted by atomic mass is 10.2. The van der Waals surface area contributed by atoms with Crippen LogP contribution in [0.2, 0.25) is 0 Å². The number of benzene rings is 1. The van der Waals surface area contributed by atoms with Gasteiger partial charge < -0.3 is 5.11 Å². The summed E-state index contributed by atoms with van der Waals surface area (Å²) in [5.74, 6) is 0.848. The van der Waals surface area contributed by atoms with Crippen molar-refractivity contribution in [3.63, 3.8) is 0 Å². The van der Waals surface area contributed by atoms with Crippen LogP contribution in [0.25, 0.3) is 0 Å². The van der Waals surface area contributed by atoms with E-state index in [0.29, 0.717) is 0 Å². The molecule has 0 unspecified atom stereocenters. The average Bonchev–Trinajstić information content (AvgIpc) is 2.20. The van der Waals surface area contributed by atoms with Gasteiger partial charge in [0, 0.05) is 22.8 Å². The van der Waals surface area contributed by atoms with Crippen molar-refractivity contribution in [1.82, 2.24) is 0 Å². The van der Waals surface area contributed by atoms with Gasteiger partial charge in [0.15, 0.2) is 6.29 Å². The Morgan fingerprint density at radius 1 is 1.50 bits per heavy atom. The molecule has 0 saturated carbocycles. The molecule has 0 aromatic heterocycles. The lowest BCUT2D eigenvalue weighted by Gasteiger charge is -2.04. The molecule has 0 spiro atoms. The van der Waals surface area contributed by atoms with Crippen molar-refractivity contribution in [3.05, 3.63) is 29.3 Å². The molecule has 76 valence electrons. The van der Waals surface area contributed by atoms with Crippen molar-refractivity contribution in [2.75, 3.05) is 12.4 Å². The molecule has 1 rings (SSSR count). The maximum absolute atomic E-state index is 10.7. The Labute approximate surface area is 88.3 Å². The summed E-state index contributed by atoms with van der Waals surface area (Å²) in [4.78, 5) is 11.7. The molecule has 0 bridgehead atoms. The summed E-state index contributed by atoms with van der Waals surface area (Å²) >= 11 is 1.61. The Hall–Kier alpha value is -0.800. The van der Waals surface area contributed by atoms with Crippen LogP contribution in [0.15, 0.2) is 23.1 Å². The van der Waals surface area contributed by atoms with Crippen LogP contribution in [0, 0.1) is 6.92 Å². The average molecular weight is 210 g/mol. The van der Waals surface area contributed by atoms with Crippen LogP contribution in [-0.4, -0.2) is 23.8 Å². The fourth-order valence-electron chi connectivity index (χ4n) is 1.14. The summed E-state index contributed by atoms with van der Waals surface area (Å²) in [5.41, 5.74) is 1.84. The summed E-state index contributed by atoms with van der Waals surface area (Å²) < 4.78 is 0. The molecule has 3 heteroatoms. The first-order chi connectivity index (χ1) is 6.77. The maximum Gasteiger partial charge on any atom is 0.151 e. The summed E-state index contributed by atoms with van der Waals surface area (Å²) in [6, 6.07) is 5.84. The second-order valence-corrected chi connectivity index (χ2v) is 4.22. The molecule has 0 fully saturated rings. The highest BCUT2D eigenvalue weighted by atomic mass is 32.2. The van der Waals surface area contributed by atoms with Crippen LogP contribution in [0.3, 0.4) is 0 Å². The SMILES string of the molecule is Cc1ccc(SCCCO)c(C=O)c1. The minimum atomic E-state index is 0.204. The van der Waals surface area contributed by atoms with Crippen LogP contribution in [-0.2, 0) is 0 Å². The molecule has 0 aliphatic carbocycles. The molecule has 0 atom stereocenters. The molecule has 1 aromatic carbocycles. The monoisotopic (exact) mass is 210 g/mol. The number of carbonyl (C=O) groups excluding carboxylic acids is 1. The number of rotatable bonds is 5. The third-order valence-corrected chi connectivity index (χ3v) is 3.03. The van der Waals surface area contributed by atoms with Gasteiger partial charge in [-0.3, -0.25) is 4.79 Å². The van der Waals surface area contributed by atoms with Gasteiger partial charge in [0.2, 0.25) is 0 Å². The van der Waals surface area contributed by atoms with Gasteiger partial charge in [-0.2, -0.15) is 0 Å². The number of aldehydes is 1. The van der Waals surface area contributed by atoms with Gasteiger partial charge in [0.1, 0.15) is 0 Å². The van der Waals surface area contributed by atoms with Crippen LogP contribution >= 0.6 is 11.8 Å². The number of aryl methyl sites for hydroxylation is 1. The van der Waals surface area contributed by atoms with Crippen molar-refractivity contribution in [2.45, 2.75) is 18.2 Å². The minimum Gasteiger partial charge on any atom is -0.396 e. The lowest BCUT2D eigenvalue weighted by Crippen LogP contribution is -1.90. The van der Waals surface area contributed by atoms with Crippen molar-refractivity contribution in [1.29, 1.82) is 0 Å². The molecule has 0 radical (unpaired) electrons. The van der Waals surface area contributed by atoms with E-state index in [4.69, 9.17) is 5.11 Å². The highest BCUT2D eigenvalue weighted by Gasteiger charge is 2.01. The standard InChI is InChI=1S/C11H14O2S/c1-9-3-4-11(10(7-9)8-13)14-6-2-5-12/h3-4,7-8,12H,2,5-6H2,1H3. The van der Waals surface area contributed by atoms with E-state index in [1.807, 2.05) is 25.1 Å².